The summed E-state index contributed by atoms with van der Waals surface area (Å²) in [5, 5.41) is 3.29. The van der Waals surface area contributed by atoms with Crippen LogP contribution in [0.2, 0.25) is 10.0 Å². The second kappa shape index (κ2) is 7.14. The molecule has 114 valence electrons. The van der Waals surface area contributed by atoms with E-state index in [0.29, 0.717) is 0 Å². The molecule has 0 heterocycles. The fourth-order valence-electron chi connectivity index (χ4n) is 2.35. The van der Waals surface area contributed by atoms with Crippen LogP contribution in [0.5, 0.6) is 0 Å². The Morgan fingerprint density at radius 2 is 1.81 bits per heavy atom. The quantitative estimate of drug-likeness (QED) is 0.858. The van der Waals surface area contributed by atoms with E-state index in [1.54, 1.807) is 18.2 Å². The third-order valence-corrected chi connectivity index (χ3v) is 4.15. The van der Waals surface area contributed by atoms with E-state index in [4.69, 9.17) is 27.9 Å². The molecule has 6 heteroatoms. The lowest BCUT2D eigenvalue weighted by atomic mass is 10.2. The summed E-state index contributed by atoms with van der Waals surface area (Å²) < 4.78 is 5.15. The summed E-state index contributed by atoms with van der Waals surface area (Å²) in [7, 11) is 0. The zero-order valence-corrected chi connectivity index (χ0v) is 13.2. The minimum atomic E-state index is -0.884. The first-order valence-corrected chi connectivity index (χ1v) is 7.70. The topological polar surface area (TPSA) is 55.4 Å². The molecule has 1 aromatic carbocycles. The summed E-state index contributed by atoms with van der Waals surface area (Å²) >= 11 is 11.9. The van der Waals surface area contributed by atoms with Gasteiger partial charge in [0, 0.05) is 6.04 Å². The minimum absolute atomic E-state index is 0.0846. The Kier molecular flexibility index (Phi) is 5.48. The van der Waals surface area contributed by atoms with Crippen LogP contribution in [0, 0.1) is 0 Å². The van der Waals surface area contributed by atoms with Crippen LogP contribution in [0.25, 0.3) is 0 Å². The molecule has 21 heavy (non-hydrogen) atoms. The highest BCUT2D eigenvalue weighted by Crippen LogP contribution is 2.25. The molecule has 1 aromatic rings. The second-order valence-corrected chi connectivity index (χ2v) is 5.95. The molecule has 1 aliphatic carbocycles. The summed E-state index contributed by atoms with van der Waals surface area (Å²) in [5.74, 6) is -0.988. The van der Waals surface area contributed by atoms with Crippen LogP contribution in [0.3, 0.4) is 0 Å². The Morgan fingerprint density at radius 1 is 1.24 bits per heavy atom. The normalized spacial score (nSPS) is 16.5. The monoisotopic (exact) mass is 329 g/mol. The van der Waals surface area contributed by atoms with Crippen molar-refractivity contribution in [2.45, 2.75) is 44.8 Å². The molecule has 2 rings (SSSR count). The number of amides is 1. The number of esters is 1. The van der Waals surface area contributed by atoms with E-state index in [2.05, 4.69) is 5.32 Å². The van der Waals surface area contributed by atoms with Crippen molar-refractivity contribution in [3.8, 4) is 0 Å². The van der Waals surface area contributed by atoms with Gasteiger partial charge < -0.3 is 10.1 Å². The number of hydrogen-bond donors (Lipinski definition) is 1. The highest BCUT2D eigenvalue weighted by molar-refractivity contribution is 6.39. The Hall–Kier alpha value is -1.26. The lowest BCUT2D eigenvalue weighted by molar-refractivity contribution is -0.129. The maximum Gasteiger partial charge on any atom is 0.341 e. The number of carbonyl (C=O) groups excluding carboxylic acids is 2. The molecule has 4 nitrogen and oxygen atoms in total. The highest BCUT2D eigenvalue weighted by atomic mass is 35.5. The molecule has 1 atom stereocenters. The highest BCUT2D eigenvalue weighted by Gasteiger charge is 2.25. The minimum Gasteiger partial charge on any atom is -0.449 e. The maximum atomic E-state index is 12.1. The van der Waals surface area contributed by atoms with Crippen molar-refractivity contribution in [1.29, 1.82) is 0 Å². The van der Waals surface area contributed by atoms with Crippen LogP contribution >= 0.6 is 23.2 Å². The first kappa shape index (κ1) is 16.1. The molecule has 1 fully saturated rings. The molecule has 0 saturated heterocycles. The first-order valence-electron chi connectivity index (χ1n) is 6.94. The Labute approximate surface area is 133 Å². The van der Waals surface area contributed by atoms with Crippen molar-refractivity contribution in [2.24, 2.45) is 0 Å². The number of halogens is 2. The number of hydrogen-bond acceptors (Lipinski definition) is 3. The maximum absolute atomic E-state index is 12.1. The Bertz CT molecular complexity index is 521. The van der Waals surface area contributed by atoms with E-state index in [1.807, 2.05) is 0 Å². The predicted molar refractivity (Wildman–Crippen MR) is 81.7 cm³/mol. The molecule has 0 spiro atoms. The van der Waals surface area contributed by atoms with Gasteiger partial charge in [0.1, 0.15) is 0 Å². The van der Waals surface area contributed by atoms with Crippen LogP contribution < -0.4 is 5.32 Å². The summed E-state index contributed by atoms with van der Waals surface area (Å²) in [6, 6.07) is 4.92. The van der Waals surface area contributed by atoms with E-state index < -0.39 is 12.1 Å². The van der Waals surface area contributed by atoms with Gasteiger partial charge in [-0.2, -0.15) is 0 Å². The van der Waals surface area contributed by atoms with Crippen molar-refractivity contribution in [3.63, 3.8) is 0 Å². The van der Waals surface area contributed by atoms with Gasteiger partial charge >= 0.3 is 5.97 Å². The predicted octanol–water partition coefficient (Wildman–Crippen LogP) is 3.60. The number of nitrogens with one attached hydrogen (secondary N) is 1. The summed E-state index contributed by atoms with van der Waals surface area (Å²) in [6.45, 7) is 1.53. The molecule has 0 aliphatic heterocycles. The van der Waals surface area contributed by atoms with E-state index >= 15 is 0 Å². The average Bonchev–Trinajstić information content (AvgIpc) is 2.91. The van der Waals surface area contributed by atoms with Gasteiger partial charge in [-0.1, -0.05) is 42.1 Å². The fourth-order valence-corrected chi connectivity index (χ4v) is 2.91. The fraction of sp³-hybridized carbons (Fsp3) is 0.467. The molecule has 1 N–H and O–H groups in total. The number of carbonyl (C=O) groups is 2. The second-order valence-electron chi connectivity index (χ2n) is 5.13. The Balaban J connectivity index is 1.96. The first-order chi connectivity index (χ1) is 9.99. The summed E-state index contributed by atoms with van der Waals surface area (Å²) in [4.78, 5) is 24.0. The third kappa shape index (κ3) is 4.11. The van der Waals surface area contributed by atoms with E-state index in [-0.39, 0.29) is 27.6 Å². The van der Waals surface area contributed by atoms with E-state index in [1.165, 1.54) is 6.92 Å². The van der Waals surface area contributed by atoms with E-state index in [9.17, 15) is 9.59 Å². The largest absolute Gasteiger partial charge is 0.449 e. The van der Waals surface area contributed by atoms with Crippen LogP contribution in [-0.4, -0.2) is 24.0 Å². The average molecular weight is 330 g/mol. The van der Waals surface area contributed by atoms with Crippen molar-refractivity contribution in [1.82, 2.24) is 5.32 Å². The molecule has 0 radical (unpaired) electrons. The summed E-state index contributed by atoms with van der Waals surface area (Å²) in [5.41, 5.74) is 0.0846. The van der Waals surface area contributed by atoms with Gasteiger partial charge in [-0.15, -0.1) is 0 Å². The number of benzene rings is 1. The number of rotatable bonds is 4. The van der Waals surface area contributed by atoms with Crippen molar-refractivity contribution < 1.29 is 14.3 Å². The summed E-state index contributed by atoms with van der Waals surface area (Å²) in [6.07, 6.45) is 3.30. The standard InChI is InChI=1S/C15H17Cl2NO3/c1-9(14(19)18-10-5-2-3-6-10)21-15(20)13-11(16)7-4-8-12(13)17/h4,7-10H,2-3,5-6H2,1H3,(H,18,19)/t9-/m0/s1. The zero-order chi connectivity index (χ0) is 15.4. The van der Waals surface area contributed by atoms with Crippen molar-refractivity contribution in [3.05, 3.63) is 33.8 Å². The smallest absolute Gasteiger partial charge is 0.341 e. The molecule has 1 aliphatic rings. The van der Waals surface area contributed by atoms with E-state index in [0.717, 1.165) is 25.7 Å². The molecular weight excluding hydrogens is 313 g/mol. The van der Waals surface area contributed by atoms with Gasteiger partial charge in [0.05, 0.1) is 15.6 Å². The van der Waals surface area contributed by atoms with Crippen molar-refractivity contribution >= 4 is 35.1 Å². The van der Waals surface area contributed by atoms with Gasteiger partial charge in [-0.05, 0) is 31.9 Å². The lowest BCUT2D eigenvalue weighted by Crippen LogP contribution is -2.40. The number of ether oxygens (including phenoxy) is 1. The van der Waals surface area contributed by atoms with Gasteiger partial charge in [-0.25, -0.2) is 4.79 Å². The van der Waals surface area contributed by atoms with Gasteiger partial charge in [0.15, 0.2) is 6.10 Å². The molecule has 0 unspecified atom stereocenters. The SMILES string of the molecule is C[C@H](OC(=O)c1c(Cl)cccc1Cl)C(=O)NC1CCCC1. The van der Waals surface area contributed by atoms with Gasteiger partial charge in [0.25, 0.3) is 5.91 Å². The van der Waals surface area contributed by atoms with Crippen molar-refractivity contribution in [2.75, 3.05) is 0 Å². The third-order valence-electron chi connectivity index (χ3n) is 3.52. The lowest BCUT2D eigenvalue weighted by Gasteiger charge is -2.17. The Morgan fingerprint density at radius 3 is 2.38 bits per heavy atom. The molecular formula is C15H17Cl2NO3. The zero-order valence-electron chi connectivity index (χ0n) is 11.7. The van der Waals surface area contributed by atoms with Crippen LogP contribution in [0.1, 0.15) is 43.0 Å². The van der Waals surface area contributed by atoms with Crippen LogP contribution in [0.4, 0.5) is 0 Å². The van der Waals surface area contributed by atoms with Gasteiger partial charge in [-0.3, -0.25) is 4.79 Å². The molecule has 1 amide bonds. The van der Waals surface area contributed by atoms with Crippen LogP contribution in [-0.2, 0) is 9.53 Å². The molecule has 1 saturated carbocycles. The molecule has 0 bridgehead atoms. The van der Waals surface area contributed by atoms with Crippen LogP contribution in [0.15, 0.2) is 18.2 Å². The van der Waals surface area contributed by atoms with Gasteiger partial charge in [0.2, 0.25) is 0 Å². The molecule has 0 aromatic heterocycles.